The molecular formula is C10H9N3O3. The number of H-pyrrole nitrogens is 1. The van der Waals surface area contributed by atoms with E-state index in [-0.39, 0.29) is 11.4 Å². The van der Waals surface area contributed by atoms with Gasteiger partial charge >= 0.3 is 5.69 Å². The Labute approximate surface area is 91.0 Å². The number of hydrogen-bond donors (Lipinski definition) is 1. The average molecular weight is 219 g/mol. The van der Waals surface area contributed by atoms with Gasteiger partial charge in [-0.1, -0.05) is 6.07 Å². The maximum absolute atomic E-state index is 11.0. The van der Waals surface area contributed by atoms with Crippen molar-refractivity contribution < 1.29 is 9.66 Å². The SMILES string of the molecule is COc1cccc(-c2cnc[nH]2)c1[N+](=O)[O-]. The van der Waals surface area contributed by atoms with E-state index in [0.717, 1.165) is 0 Å². The lowest BCUT2D eigenvalue weighted by Gasteiger charge is -2.04. The summed E-state index contributed by atoms with van der Waals surface area (Å²) in [5, 5.41) is 11.0. The van der Waals surface area contributed by atoms with Crippen molar-refractivity contribution in [3.05, 3.63) is 40.8 Å². The maximum Gasteiger partial charge on any atom is 0.320 e. The minimum absolute atomic E-state index is 0.0609. The molecule has 1 heterocycles. The van der Waals surface area contributed by atoms with Gasteiger partial charge in [-0.15, -0.1) is 0 Å². The summed E-state index contributed by atoms with van der Waals surface area (Å²) in [5.74, 6) is 0.233. The van der Waals surface area contributed by atoms with Crippen LogP contribution in [0.25, 0.3) is 11.3 Å². The maximum atomic E-state index is 11.0. The molecule has 0 unspecified atom stereocenters. The smallest absolute Gasteiger partial charge is 0.320 e. The number of nitro groups is 1. The van der Waals surface area contributed by atoms with Gasteiger partial charge in [-0.2, -0.15) is 0 Å². The van der Waals surface area contributed by atoms with Crippen LogP contribution in [0.4, 0.5) is 5.69 Å². The van der Waals surface area contributed by atoms with Crippen LogP contribution in [-0.4, -0.2) is 22.0 Å². The van der Waals surface area contributed by atoms with E-state index in [9.17, 15) is 10.1 Å². The van der Waals surface area contributed by atoms with Gasteiger partial charge in [0.15, 0.2) is 5.75 Å². The van der Waals surface area contributed by atoms with Gasteiger partial charge < -0.3 is 9.72 Å². The predicted octanol–water partition coefficient (Wildman–Crippen LogP) is 1.99. The number of methoxy groups -OCH3 is 1. The zero-order chi connectivity index (χ0) is 11.5. The molecule has 6 heteroatoms. The summed E-state index contributed by atoms with van der Waals surface area (Å²) in [4.78, 5) is 17.2. The molecule has 0 fully saturated rings. The molecule has 0 amide bonds. The first-order valence-electron chi connectivity index (χ1n) is 4.54. The second-order valence-electron chi connectivity index (χ2n) is 3.08. The summed E-state index contributed by atoms with van der Waals surface area (Å²) in [6.45, 7) is 0. The Hall–Kier alpha value is -2.37. The Morgan fingerprint density at radius 1 is 1.50 bits per heavy atom. The van der Waals surface area contributed by atoms with E-state index in [1.165, 1.54) is 19.6 Å². The van der Waals surface area contributed by atoms with E-state index in [1.54, 1.807) is 18.2 Å². The highest BCUT2D eigenvalue weighted by atomic mass is 16.6. The molecule has 16 heavy (non-hydrogen) atoms. The van der Waals surface area contributed by atoms with Crippen molar-refractivity contribution in [3.63, 3.8) is 0 Å². The summed E-state index contributed by atoms with van der Waals surface area (Å²) in [6, 6.07) is 4.90. The quantitative estimate of drug-likeness (QED) is 0.632. The van der Waals surface area contributed by atoms with E-state index in [1.807, 2.05) is 0 Å². The Bertz CT molecular complexity index is 508. The predicted molar refractivity (Wildman–Crippen MR) is 57.2 cm³/mol. The van der Waals surface area contributed by atoms with Gasteiger partial charge in [-0.3, -0.25) is 10.1 Å². The molecule has 1 aromatic carbocycles. The van der Waals surface area contributed by atoms with Crippen molar-refractivity contribution in [2.24, 2.45) is 0 Å². The molecule has 0 saturated carbocycles. The van der Waals surface area contributed by atoms with Crippen molar-refractivity contribution in [2.75, 3.05) is 7.11 Å². The summed E-state index contributed by atoms with van der Waals surface area (Å²) in [6.07, 6.45) is 3.00. The number of nitrogens with one attached hydrogen (secondary N) is 1. The number of benzene rings is 1. The molecule has 0 radical (unpaired) electrons. The number of rotatable bonds is 3. The molecule has 0 spiro atoms. The molecular weight excluding hydrogens is 210 g/mol. The molecule has 0 aliphatic heterocycles. The lowest BCUT2D eigenvalue weighted by molar-refractivity contribution is -0.385. The molecule has 1 N–H and O–H groups in total. The standard InChI is InChI=1S/C10H9N3O3/c1-16-9-4-2-3-7(10(9)13(14)15)8-5-11-6-12-8/h2-6H,1H3,(H,11,12). The van der Waals surface area contributed by atoms with Crippen LogP contribution < -0.4 is 4.74 Å². The van der Waals surface area contributed by atoms with Crippen LogP contribution >= 0.6 is 0 Å². The Morgan fingerprint density at radius 2 is 2.31 bits per heavy atom. The van der Waals surface area contributed by atoms with Crippen LogP contribution in [-0.2, 0) is 0 Å². The van der Waals surface area contributed by atoms with Gasteiger partial charge in [0.05, 0.1) is 35.8 Å². The molecule has 0 saturated heterocycles. The molecule has 0 aliphatic rings. The molecule has 2 aromatic rings. The lowest BCUT2D eigenvalue weighted by atomic mass is 10.1. The van der Waals surface area contributed by atoms with Crippen LogP contribution in [0.15, 0.2) is 30.7 Å². The van der Waals surface area contributed by atoms with Crippen molar-refractivity contribution in [1.29, 1.82) is 0 Å². The van der Waals surface area contributed by atoms with Crippen molar-refractivity contribution in [1.82, 2.24) is 9.97 Å². The van der Waals surface area contributed by atoms with Gasteiger partial charge in [0, 0.05) is 0 Å². The number of aromatic nitrogens is 2. The minimum Gasteiger partial charge on any atom is -0.490 e. The minimum atomic E-state index is -0.463. The van der Waals surface area contributed by atoms with Crippen LogP contribution in [0, 0.1) is 10.1 Å². The number of para-hydroxylation sites is 1. The fraction of sp³-hybridized carbons (Fsp3) is 0.100. The Kier molecular flexibility index (Phi) is 2.55. The van der Waals surface area contributed by atoms with Crippen molar-refractivity contribution in [3.8, 4) is 17.0 Å². The van der Waals surface area contributed by atoms with Gasteiger partial charge in [0.2, 0.25) is 0 Å². The van der Waals surface area contributed by atoms with E-state index in [2.05, 4.69) is 9.97 Å². The van der Waals surface area contributed by atoms with E-state index < -0.39 is 4.92 Å². The largest absolute Gasteiger partial charge is 0.490 e. The average Bonchev–Trinajstić information content (AvgIpc) is 2.81. The summed E-state index contributed by atoms with van der Waals surface area (Å²) >= 11 is 0. The normalized spacial score (nSPS) is 10.1. The summed E-state index contributed by atoms with van der Waals surface area (Å²) < 4.78 is 4.97. The Morgan fingerprint density at radius 3 is 2.88 bits per heavy atom. The van der Waals surface area contributed by atoms with Crippen LogP contribution in [0.3, 0.4) is 0 Å². The molecule has 82 valence electrons. The highest BCUT2D eigenvalue weighted by Crippen LogP contribution is 2.36. The lowest BCUT2D eigenvalue weighted by Crippen LogP contribution is -1.96. The fourth-order valence-electron chi connectivity index (χ4n) is 1.50. The number of aromatic amines is 1. The van der Waals surface area contributed by atoms with E-state index in [0.29, 0.717) is 11.3 Å². The second-order valence-corrected chi connectivity index (χ2v) is 3.08. The molecule has 1 aromatic heterocycles. The van der Waals surface area contributed by atoms with Gasteiger partial charge in [0.25, 0.3) is 0 Å². The molecule has 6 nitrogen and oxygen atoms in total. The van der Waals surface area contributed by atoms with E-state index in [4.69, 9.17) is 4.74 Å². The summed E-state index contributed by atoms with van der Waals surface area (Å²) in [7, 11) is 1.40. The molecule has 0 atom stereocenters. The third-order valence-electron chi connectivity index (χ3n) is 2.19. The first-order chi connectivity index (χ1) is 7.74. The van der Waals surface area contributed by atoms with Gasteiger partial charge in [-0.25, -0.2) is 4.98 Å². The second kappa shape index (κ2) is 4.01. The number of nitro benzene ring substituents is 1. The molecule has 0 aliphatic carbocycles. The number of imidazole rings is 1. The van der Waals surface area contributed by atoms with Crippen LogP contribution in [0.1, 0.15) is 0 Å². The number of hydrogen-bond acceptors (Lipinski definition) is 4. The summed E-state index contributed by atoms with van der Waals surface area (Å²) in [5.41, 5.74) is 0.988. The highest BCUT2D eigenvalue weighted by Gasteiger charge is 2.21. The monoisotopic (exact) mass is 219 g/mol. The molecule has 0 bridgehead atoms. The number of nitrogens with zero attached hydrogens (tertiary/aromatic N) is 2. The first kappa shape index (κ1) is 10.2. The number of ether oxygens (including phenoxy) is 1. The van der Waals surface area contributed by atoms with Crippen molar-refractivity contribution >= 4 is 5.69 Å². The van der Waals surface area contributed by atoms with Crippen LogP contribution in [0.2, 0.25) is 0 Å². The molecule has 2 rings (SSSR count). The Balaban J connectivity index is 2.65. The third kappa shape index (κ3) is 1.60. The zero-order valence-corrected chi connectivity index (χ0v) is 8.51. The highest BCUT2D eigenvalue weighted by molar-refractivity contribution is 5.74. The van der Waals surface area contributed by atoms with Crippen LogP contribution in [0.5, 0.6) is 5.75 Å². The first-order valence-corrected chi connectivity index (χ1v) is 4.54. The topological polar surface area (TPSA) is 81.0 Å². The van der Waals surface area contributed by atoms with Crippen molar-refractivity contribution in [2.45, 2.75) is 0 Å². The fourth-order valence-corrected chi connectivity index (χ4v) is 1.50. The van der Waals surface area contributed by atoms with E-state index >= 15 is 0 Å². The van der Waals surface area contributed by atoms with Gasteiger partial charge in [0.1, 0.15) is 0 Å². The zero-order valence-electron chi connectivity index (χ0n) is 8.51. The third-order valence-corrected chi connectivity index (χ3v) is 2.19. The van der Waals surface area contributed by atoms with Gasteiger partial charge in [-0.05, 0) is 12.1 Å².